The molecular weight excluding hydrogens is 378 g/mol. The first-order valence-electron chi connectivity index (χ1n) is 5.75. The van der Waals surface area contributed by atoms with E-state index < -0.39 is 0 Å². The lowest BCUT2D eigenvalue weighted by molar-refractivity contribution is 0.551. The highest BCUT2D eigenvalue weighted by Crippen LogP contribution is 2.24. The monoisotopic (exact) mass is 390 g/mol. The molecule has 0 saturated carbocycles. The average molecular weight is 391 g/mol. The predicted molar refractivity (Wildman–Crippen MR) is 84.3 cm³/mol. The Morgan fingerprint density at radius 1 is 1.21 bits per heavy atom. The van der Waals surface area contributed by atoms with E-state index in [-0.39, 0.29) is 11.9 Å². The van der Waals surface area contributed by atoms with Crippen molar-refractivity contribution in [3.8, 4) is 0 Å². The zero-order chi connectivity index (χ0) is 13.8. The Morgan fingerprint density at radius 2 is 1.89 bits per heavy atom. The van der Waals surface area contributed by atoms with Crippen LogP contribution in [0, 0.1) is 9.39 Å². The number of benzene rings is 2. The summed E-state index contributed by atoms with van der Waals surface area (Å²) >= 11 is 8.28. The molecule has 0 heterocycles. The molecule has 0 amide bonds. The average Bonchev–Trinajstić information content (AvgIpc) is 2.39. The lowest BCUT2D eigenvalue weighted by Crippen LogP contribution is -2.29. The molecule has 3 N–H and O–H groups in total. The van der Waals surface area contributed by atoms with E-state index in [2.05, 4.69) is 28.0 Å². The second-order valence-electron chi connectivity index (χ2n) is 4.21. The minimum Gasteiger partial charge on any atom is -0.271 e. The molecule has 0 aliphatic carbocycles. The topological polar surface area (TPSA) is 38.0 Å². The van der Waals surface area contributed by atoms with E-state index in [1.165, 1.54) is 12.1 Å². The summed E-state index contributed by atoms with van der Waals surface area (Å²) in [6.45, 7) is 0. The summed E-state index contributed by atoms with van der Waals surface area (Å²) in [7, 11) is 0. The van der Waals surface area contributed by atoms with Crippen molar-refractivity contribution in [1.29, 1.82) is 0 Å². The predicted octanol–water partition coefficient (Wildman–Crippen LogP) is 3.83. The summed E-state index contributed by atoms with van der Waals surface area (Å²) in [5.41, 5.74) is 4.71. The van der Waals surface area contributed by atoms with Crippen molar-refractivity contribution in [2.75, 3.05) is 0 Å². The fraction of sp³-hybridized carbons (Fsp3) is 0.143. The summed E-state index contributed by atoms with van der Waals surface area (Å²) in [5, 5.41) is 0.422. The summed E-state index contributed by atoms with van der Waals surface area (Å²) < 4.78 is 14.2. The highest BCUT2D eigenvalue weighted by atomic mass is 127. The molecule has 1 unspecified atom stereocenters. The molecule has 0 bridgehead atoms. The van der Waals surface area contributed by atoms with Crippen LogP contribution in [0.2, 0.25) is 5.02 Å². The Labute approximate surface area is 130 Å². The van der Waals surface area contributed by atoms with Crippen LogP contribution in [0.5, 0.6) is 0 Å². The van der Waals surface area contributed by atoms with Crippen LogP contribution in [0.15, 0.2) is 42.5 Å². The molecule has 0 aliphatic rings. The highest BCUT2D eigenvalue weighted by molar-refractivity contribution is 14.1. The van der Waals surface area contributed by atoms with E-state index in [9.17, 15) is 4.39 Å². The molecule has 2 nitrogen and oxygen atoms in total. The van der Waals surface area contributed by atoms with Gasteiger partial charge in [-0.05, 0) is 64.4 Å². The van der Waals surface area contributed by atoms with Crippen LogP contribution in [0.25, 0.3) is 0 Å². The Kier molecular flexibility index (Phi) is 5.15. The molecule has 0 aliphatic heterocycles. The maximum Gasteiger partial charge on any atom is 0.124 e. The fourth-order valence-electron chi connectivity index (χ4n) is 1.88. The van der Waals surface area contributed by atoms with Crippen LogP contribution in [0.3, 0.4) is 0 Å². The van der Waals surface area contributed by atoms with Gasteiger partial charge in [0.25, 0.3) is 0 Å². The molecule has 1 atom stereocenters. The van der Waals surface area contributed by atoms with Crippen molar-refractivity contribution in [3.63, 3.8) is 0 Å². The first-order valence-corrected chi connectivity index (χ1v) is 7.21. The van der Waals surface area contributed by atoms with Gasteiger partial charge >= 0.3 is 0 Å². The highest BCUT2D eigenvalue weighted by Gasteiger charge is 2.13. The van der Waals surface area contributed by atoms with Crippen molar-refractivity contribution in [2.24, 2.45) is 5.84 Å². The normalized spacial score (nSPS) is 12.4. The Hall–Kier alpha value is -0.690. The summed E-state index contributed by atoms with van der Waals surface area (Å²) in [4.78, 5) is 0. The van der Waals surface area contributed by atoms with Crippen LogP contribution in [-0.4, -0.2) is 0 Å². The molecule has 0 fully saturated rings. The summed E-state index contributed by atoms with van der Waals surface area (Å²) in [6, 6.07) is 12.4. The Morgan fingerprint density at radius 3 is 2.47 bits per heavy atom. The molecule has 0 saturated heterocycles. The lowest BCUT2D eigenvalue weighted by Gasteiger charge is -2.17. The number of hydrogen-bond donors (Lipinski definition) is 2. The lowest BCUT2D eigenvalue weighted by atomic mass is 9.99. The van der Waals surface area contributed by atoms with Crippen LogP contribution in [0.4, 0.5) is 4.39 Å². The van der Waals surface area contributed by atoms with E-state index in [0.29, 0.717) is 11.4 Å². The van der Waals surface area contributed by atoms with Crippen LogP contribution < -0.4 is 11.3 Å². The van der Waals surface area contributed by atoms with Gasteiger partial charge in [-0.2, -0.15) is 0 Å². The Bertz CT molecular complexity index is 560. The molecule has 5 heteroatoms. The van der Waals surface area contributed by atoms with Crippen LogP contribution in [-0.2, 0) is 6.42 Å². The van der Waals surface area contributed by atoms with Gasteiger partial charge in [-0.25, -0.2) is 4.39 Å². The minimum absolute atomic E-state index is 0.0556. The molecule has 2 rings (SSSR count). The van der Waals surface area contributed by atoms with Gasteiger partial charge in [0.1, 0.15) is 5.82 Å². The summed E-state index contributed by atoms with van der Waals surface area (Å²) in [5.74, 6) is 5.27. The van der Waals surface area contributed by atoms with E-state index >= 15 is 0 Å². The zero-order valence-electron chi connectivity index (χ0n) is 10.0. The van der Waals surface area contributed by atoms with Gasteiger partial charge in [0.2, 0.25) is 0 Å². The van der Waals surface area contributed by atoms with E-state index in [0.717, 1.165) is 14.7 Å². The number of halogens is 3. The quantitative estimate of drug-likeness (QED) is 0.473. The first kappa shape index (κ1) is 14.7. The third kappa shape index (κ3) is 3.89. The van der Waals surface area contributed by atoms with Crippen molar-refractivity contribution >= 4 is 34.2 Å². The van der Waals surface area contributed by atoms with Crippen molar-refractivity contribution in [1.82, 2.24) is 5.43 Å². The van der Waals surface area contributed by atoms with Crippen LogP contribution in [0.1, 0.15) is 17.2 Å². The van der Waals surface area contributed by atoms with E-state index in [1.54, 1.807) is 6.07 Å². The molecular formula is C14H13ClFIN2. The smallest absolute Gasteiger partial charge is 0.124 e. The van der Waals surface area contributed by atoms with Gasteiger partial charge in [0, 0.05) is 8.59 Å². The van der Waals surface area contributed by atoms with Gasteiger partial charge in [0.15, 0.2) is 0 Å². The molecule has 2 aromatic rings. The van der Waals surface area contributed by atoms with Crippen molar-refractivity contribution in [3.05, 3.63) is 68.0 Å². The second-order valence-corrected chi connectivity index (χ2v) is 5.86. The van der Waals surface area contributed by atoms with Crippen molar-refractivity contribution in [2.45, 2.75) is 12.5 Å². The largest absolute Gasteiger partial charge is 0.271 e. The molecule has 0 spiro atoms. The molecule has 0 radical (unpaired) electrons. The number of hydrazine groups is 1. The van der Waals surface area contributed by atoms with Gasteiger partial charge < -0.3 is 0 Å². The first-order chi connectivity index (χ1) is 9.10. The van der Waals surface area contributed by atoms with Gasteiger partial charge in [-0.15, -0.1) is 0 Å². The molecule has 2 aromatic carbocycles. The molecule has 0 aromatic heterocycles. The standard InChI is InChI=1S/C14H13ClFIN2/c15-13-8-11(16)4-1-10(13)7-14(19-18)9-2-5-12(17)6-3-9/h1-6,8,14,19H,7,18H2. The third-order valence-electron chi connectivity index (χ3n) is 2.91. The molecule has 100 valence electrons. The fourth-order valence-corrected chi connectivity index (χ4v) is 2.48. The van der Waals surface area contributed by atoms with E-state index in [1.807, 2.05) is 24.3 Å². The third-order valence-corrected chi connectivity index (χ3v) is 3.98. The van der Waals surface area contributed by atoms with E-state index in [4.69, 9.17) is 17.4 Å². The van der Waals surface area contributed by atoms with Gasteiger partial charge in [-0.1, -0.05) is 29.8 Å². The Balaban J connectivity index is 2.21. The number of hydrogen-bond acceptors (Lipinski definition) is 2. The minimum atomic E-state index is -0.333. The second kappa shape index (κ2) is 6.65. The van der Waals surface area contributed by atoms with Gasteiger partial charge in [0.05, 0.1) is 6.04 Å². The maximum absolute atomic E-state index is 13.0. The maximum atomic E-state index is 13.0. The number of nitrogens with two attached hydrogens (primary N) is 1. The molecule has 19 heavy (non-hydrogen) atoms. The SMILES string of the molecule is NNC(Cc1ccc(F)cc1Cl)c1ccc(I)cc1. The summed E-state index contributed by atoms with van der Waals surface area (Å²) in [6.07, 6.45) is 0.607. The number of nitrogens with one attached hydrogen (secondary N) is 1. The number of rotatable bonds is 4. The van der Waals surface area contributed by atoms with Gasteiger partial charge in [-0.3, -0.25) is 11.3 Å². The zero-order valence-corrected chi connectivity index (χ0v) is 13.0. The van der Waals surface area contributed by atoms with Crippen molar-refractivity contribution < 1.29 is 4.39 Å². The van der Waals surface area contributed by atoms with Crippen LogP contribution >= 0.6 is 34.2 Å².